The van der Waals surface area contributed by atoms with Crippen molar-refractivity contribution in [2.75, 3.05) is 18.1 Å². The molecule has 0 bridgehead atoms. The average Bonchev–Trinajstić information content (AvgIpc) is 2.92. The molecule has 3 atom stereocenters. The van der Waals surface area contributed by atoms with Crippen LogP contribution in [-0.2, 0) is 34.0 Å². The number of rotatable bonds is 13. The van der Waals surface area contributed by atoms with E-state index < -0.39 is 11.7 Å². The first-order valence-electron chi connectivity index (χ1n) is 12.5. The summed E-state index contributed by atoms with van der Waals surface area (Å²) in [5.41, 5.74) is 2.00. The Morgan fingerprint density at radius 1 is 0.750 bits per heavy atom. The lowest BCUT2D eigenvalue weighted by Crippen LogP contribution is -2.55. The zero-order valence-electron chi connectivity index (χ0n) is 20.8. The average molecular weight is 525 g/mol. The molecule has 0 amide bonds. The molecule has 0 spiro atoms. The van der Waals surface area contributed by atoms with Crippen LogP contribution in [0.2, 0.25) is 0 Å². The number of thioether (sulfide) groups is 2. The lowest BCUT2D eigenvalue weighted by molar-refractivity contribution is -0.186. The molecule has 36 heavy (non-hydrogen) atoms. The van der Waals surface area contributed by atoms with Crippen LogP contribution in [0.5, 0.6) is 0 Å². The van der Waals surface area contributed by atoms with Crippen LogP contribution in [0.15, 0.2) is 91.0 Å². The fraction of sp³-hybridized carbons (Fsp3) is 0.400. The second-order valence-corrected chi connectivity index (χ2v) is 12.1. The molecule has 4 nitrogen and oxygen atoms in total. The minimum Gasteiger partial charge on any atom is -0.385 e. The number of hydrogen-bond donors (Lipinski definition) is 1. The molecule has 1 aliphatic rings. The van der Waals surface area contributed by atoms with Crippen molar-refractivity contribution in [3.8, 4) is 0 Å². The minimum absolute atomic E-state index is 0.147. The van der Waals surface area contributed by atoms with E-state index in [2.05, 4.69) is 12.1 Å². The van der Waals surface area contributed by atoms with Crippen molar-refractivity contribution >= 4 is 23.5 Å². The molecule has 1 aliphatic heterocycles. The van der Waals surface area contributed by atoms with Crippen LogP contribution in [0.25, 0.3) is 0 Å². The number of ether oxygens (including phenoxy) is 3. The summed E-state index contributed by atoms with van der Waals surface area (Å²) in [6, 6.07) is 30.3. The Bertz CT molecular complexity index is 995. The molecular formula is C30H36O4S2. The summed E-state index contributed by atoms with van der Waals surface area (Å²) in [5.74, 6) is 2.17. The van der Waals surface area contributed by atoms with E-state index in [0.717, 1.165) is 28.2 Å². The van der Waals surface area contributed by atoms with E-state index in [1.165, 1.54) is 6.42 Å². The lowest BCUT2D eigenvalue weighted by Gasteiger charge is -2.41. The molecular weight excluding hydrogens is 488 g/mol. The van der Waals surface area contributed by atoms with Crippen LogP contribution in [0, 0.1) is 0 Å². The summed E-state index contributed by atoms with van der Waals surface area (Å²) in [4.78, 5) is 0. The van der Waals surface area contributed by atoms with E-state index in [4.69, 9.17) is 14.2 Å². The van der Waals surface area contributed by atoms with Crippen molar-refractivity contribution in [2.24, 2.45) is 0 Å². The van der Waals surface area contributed by atoms with Crippen LogP contribution in [-0.4, -0.2) is 45.6 Å². The summed E-state index contributed by atoms with van der Waals surface area (Å²) in [6.45, 7) is 3.26. The first kappa shape index (κ1) is 27.2. The van der Waals surface area contributed by atoms with Gasteiger partial charge in [0.25, 0.3) is 0 Å². The third kappa shape index (κ3) is 8.37. The van der Waals surface area contributed by atoms with E-state index in [1.807, 2.05) is 109 Å². The van der Waals surface area contributed by atoms with Crippen molar-refractivity contribution in [3.05, 3.63) is 108 Å². The first-order chi connectivity index (χ1) is 17.6. The molecule has 0 aromatic heterocycles. The Hall–Kier alpha value is -1.80. The van der Waals surface area contributed by atoms with Gasteiger partial charge in [-0.05, 0) is 41.5 Å². The van der Waals surface area contributed by atoms with Gasteiger partial charge in [0.15, 0.2) is 0 Å². The molecule has 1 saturated heterocycles. The Kier molecular flexibility index (Phi) is 10.8. The second kappa shape index (κ2) is 14.2. The van der Waals surface area contributed by atoms with E-state index in [1.54, 1.807) is 0 Å². The van der Waals surface area contributed by atoms with Gasteiger partial charge in [0.1, 0.15) is 17.8 Å². The monoisotopic (exact) mass is 524 g/mol. The van der Waals surface area contributed by atoms with Crippen molar-refractivity contribution in [2.45, 2.75) is 55.6 Å². The third-order valence-electron chi connectivity index (χ3n) is 6.10. The van der Waals surface area contributed by atoms with Gasteiger partial charge in [-0.2, -0.15) is 0 Å². The highest BCUT2D eigenvalue weighted by Crippen LogP contribution is 2.39. The topological polar surface area (TPSA) is 47.9 Å². The van der Waals surface area contributed by atoms with Gasteiger partial charge < -0.3 is 19.3 Å². The summed E-state index contributed by atoms with van der Waals surface area (Å²) < 4.78 is 19.3. The predicted octanol–water partition coefficient (Wildman–Crippen LogP) is 6.32. The lowest BCUT2D eigenvalue weighted by atomic mass is 9.95. The fourth-order valence-electron chi connectivity index (χ4n) is 4.19. The van der Waals surface area contributed by atoms with Crippen LogP contribution >= 0.6 is 23.5 Å². The van der Waals surface area contributed by atoms with Crippen LogP contribution in [0.3, 0.4) is 0 Å². The first-order valence-corrected chi connectivity index (χ1v) is 14.6. The fourth-order valence-corrected chi connectivity index (χ4v) is 7.24. The predicted molar refractivity (Wildman–Crippen MR) is 150 cm³/mol. The molecule has 4 rings (SSSR count). The number of aliphatic hydroxyl groups is 1. The maximum atomic E-state index is 11.8. The minimum atomic E-state index is -1.25. The summed E-state index contributed by atoms with van der Waals surface area (Å²) in [5, 5.41) is 11.8. The van der Waals surface area contributed by atoms with Gasteiger partial charge in [-0.15, -0.1) is 23.5 Å². The highest BCUT2D eigenvalue weighted by Gasteiger charge is 2.44. The zero-order chi connectivity index (χ0) is 25.1. The molecule has 0 saturated carbocycles. The van der Waals surface area contributed by atoms with Gasteiger partial charge in [0.05, 0.1) is 31.0 Å². The van der Waals surface area contributed by atoms with E-state index in [-0.39, 0.29) is 17.3 Å². The zero-order valence-corrected chi connectivity index (χ0v) is 22.5. The second-order valence-electron chi connectivity index (χ2n) is 9.28. The largest absolute Gasteiger partial charge is 0.385 e. The van der Waals surface area contributed by atoms with Crippen molar-refractivity contribution in [1.82, 2.24) is 0 Å². The van der Waals surface area contributed by atoms with Crippen LogP contribution in [0.4, 0.5) is 0 Å². The Morgan fingerprint density at radius 2 is 1.22 bits per heavy atom. The van der Waals surface area contributed by atoms with E-state index >= 15 is 0 Å². The standard InChI is InChI=1S/C30H36O4S2/c1-30(31,23-32-20-24-12-5-2-6-13-24)28(34-22-26-16-9-4-10-17-26)27(29-35-18-11-19-36-29)33-21-25-14-7-3-8-15-25/h2-10,12-17,27-29,31H,11,18-23H2,1H3/t27-,28+,30+/m1/s1. The van der Waals surface area contributed by atoms with Gasteiger partial charge in [0, 0.05) is 0 Å². The quantitative estimate of drug-likeness (QED) is 0.282. The Labute approximate surface area is 223 Å². The summed E-state index contributed by atoms with van der Waals surface area (Å²) >= 11 is 3.80. The number of hydrogen-bond acceptors (Lipinski definition) is 6. The molecule has 3 aromatic rings. The molecule has 3 aromatic carbocycles. The molecule has 0 radical (unpaired) electrons. The van der Waals surface area contributed by atoms with Gasteiger partial charge in [-0.1, -0.05) is 91.0 Å². The Morgan fingerprint density at radius 3 is 1.75 bits per heavy atom. The molecule has 0 aliphatic carbocycles. The third-order valence-corrected chi connectivity index (χ3v) is 9.15. The highest BCUT2D eigenvalue weighted by atomic mass is 32.2. The van der Waals surface area contributed by atoms with Crippen LogP contribution < -0.4 is 0 Å². The normalized spacial score (nSPS) is 17.8. The maximum Gasteiger partial charge on any atom is 0.117 e. The molecule has 1 N–H and O–H groups in total. The smallest absolute Gasteiger partial charge is 0.117 e. The number of benzene rings is 3. The molecule has 1 fully saturated rings. The molecule has 6 heteroatoms. The highest BCUT2D eigenvalue weighted by molar-refractivity contribution is 8.17. The van der Waals surface area contributed by atoms with Gasteiger partial charge >= 0.3 is 0 Å². The van der Waals surface area contributed by atoms with Crippen molar-refractivity contribution in [3.63, 3.8) is 0 Å². The SMILES string of the molecule is C[C@](O)(COCc1ccccc1)[C@@H](OCc1ccccc1)[C@@H](OCc1ccccc1)C1SCCCS1. The summed E-state index contributed by atoms with van der Waals surface area (Å²) in [7, 11) is 0. The van der Waals surface area contributed by atoms with E-state index in [0.29, 0.717) is 19.8 Å². The maximum absolute atomic E-state index is 11.8. The van der Waals surface area contributed by atoms with Crippen LogP contribution in [0.1, 0.15) is 30.0 Å². The van der Waals surface area contributed by atoms with Crippen molar-refractivity contribution < 1.29 is 19.3 Å². The summed E-state index contributed by atoms with van der Waals surface area (Å²) in [6.07, 6.45) is 0.309. The van der Waals surface area contributed by atoms with Gasteiger partial charge in [-0.25, -0.2) is 0 Å². The Balaban J connectivity index is 1.53. The van der Waals surface area contributed by atoms with Crippen molar-refractivity contribution in [1.29, 1.82) is 0 Å². The van der Waals surface area contributed by atoms with Gasteiger partial charge in [-0.3, -0.25) is 0 Å². The molecule has 0 unspecified atom stereocenters. The molecule has 1 heterocycles. The van der Waals surface area contributed by atoms with Gasteiger partial charge in [0.2, 0.25) is 0 Å². The van der Waals surface area contributed by atoms with E-state index in [9.17, 15) is 5.11 Å². The molecule has 192 valence electrons.